The fourth-order valence-electron chi connectivity index (χ4n) is 8.11. The summed E-state index contributed by atoms with van der Waals surface area (Å²) >= 11 is 2.93. The number of carbonyl (C=O) groups is 2. The second kappa shape index (κ2) is 23.7. The Morgan fingerprint density at radius 3 is 1.32 bits per heavy atom. The van der Waals surface area contributed by atoms with Crippen LogP contribution in [0.3, 0.4) is 0 Å². The van der Waals surface area contributed by atoms with Crippen LogP contribution >= 0.6 is 22.7 Å². The van der Waals surface area contributed by atoms with Gasteiger partial charge in [0.25, 0.3) is 0 Å². The van der Waals surface area contributed by atoms with Crippen LogP contribution in [0.25, 0.3) is 43.5 Å². The molecule has 0 bridgehead atoms. The molecule has 0 aliphatic carbocycles. The lowest BCUT2D eigenvalue weighted by atomic mass is 10.0. The van der Waals surface area contributed by atoms with Gasteiger partial charge in [-0.15, -0.1) is 22.7 Å². The Kier molecular flexibility index (Phi) is 16.1. The average Bonchev–Trinajstić information content (AvgIpc) is 4.15. The van der Waals surface area contributed by atoms with E-state index in [0.717, 1.165) is 74.5 Å². The van der Waals surface area contributed by atoms with Crippen LogP contribution in [-0.4, -0.2) is 82.5 Å². The number of rotatable bonds is 18. The molecule has 0 saturated heterocycles. The van der Waals surface area contributed by atoms with E-state index in [0.29, 0.717) is 68.4 Å². The SMILES string of the molecule is COC(=O)c1ccc(CCc2cccc(-c3nc(Nc4ccc(OC)c(OC)c4)c4ncsc4n3)c2)cc1.COc1ccc(Nc2nc(-c3cccc(CCc4ccc(C(=O)O)cc4)c3)nc3scnc23)cc1OC. The van der Waals surface area contributed by atoms with E-state index in [1.807, 2.05) is 84.9 Å². The van der Waals surface area contributed by atoms with Gasteiger partial charge in [-0.05, 0) is 109 Å². The highest BCUT2D eigenvalue weighted by Crippen LogP contribution is 2.36. The van der Waals surface area contributed by atoms with Gasteiger partial charge in [0.1, 0.15) is 20.7 Å². The number of fused-ring (bicyclic) bond motifs is 2. The molecule has 0 aliphatic heterocycles. The molecule has 6 aromatic carbocycles. The Morgan fingerprint density at radius 2 is 0.907 bits per heavy atom. The van der Waals surface area contributed by atoms with Crippen molar-refractivity contribution < 1.29 is 38.4 Å². The highest BCUT2D eigenvalue weighted by atomic mass is 32.1. The fourth-order valence-corrected chi connectivity index (χ4v) is 9.42. The predicted octanol–water partition coefficient (Wildman–Crippen LogP) is 12.1. The summed E-state index contributed by atoms with van der Waals surface area (Å²) < 4.78 is 26.3. The summed E-state index contributed by atoms with van der Waals surface area (Å²) in [6.07, 6.45) is 3.28. The highest BCUT2D eigenvalue weighted by molar-refractivity contribution is 7.16. The molecule has 0 atom stereocenters. The van der Waals surface area contributed by atoms with Crippen LogP contribution in [0.1, 0.15) is 43.0 Å². The second-order valence-electron chi connectivity index (χ2n) is 16.8. The Hall–Kier alpha value is -9.00. The minimum absolute atomic E-state index is 0.291. The Bertz CT molecular complexity index is 3630. The summed E-state index contributed by atoms with van der Waals surface area (Å²) in [7, 11) is 7.79. The number of nitrogens with zero attached hydrogens (tertiary/aromatic N) is 6. The molecule has 0 fully saturated rings. The van der Waals surface area contributed by atoms with Gasteiger partial charge in [0.15, 0.2) is 46.3 Å². The molecule has 0 spiro atoms. The summed E-state index contributed by atoms with van der Waals surface area (Å²) in [5.41, 5.74) is 13.7. The molecule has 378 valence electrons. The van der Waals surface area contributed by atoms with Crippen molar-refractivity contribution in [3.05, 3.63) is 178 Å². The van der Waals surface area contributed by atoms with Crippen LogP contribution in [0, 0.1) is 0 Å². The number of esters is 1. The molecule has 0 radical (unpaired) electrons. The van der Waals surface area contributed by atoms with Gasteiger partial charge >= 0.3 is 11.9 Å². The highest BCUT2D eigenvalue weighted by Gasteiger charge is 2.17. The van der Waals surface area contributed by atoms with Gasteiger partial charge in [-0.3, -0.25) is 0 Å². The molecule has 75 heavy (non-hydrogen) atoms. The van der Waals surface area contributed by atoms with E-state index < -0.39 is 5.97 Å². The van der Waals surface area contributed by atoms with Crippen molar-refractivity contribution in [3.63, 3.8) is 0 Å². The fraction of sp³-hybridized carbons (Fsp3) is 0.158. The lowest BCUT2D eigenvalue weighted by Crippen LogP contribution is -2.01. The van der Waals surface area contributed by atoms with Crippen molar-refractivity contribution in [3.8, 4) is 45.8 Å². The molecule has 10 rings (SSSR count). The monoisotopic (exact) mass is 1040 g/mol. The zero-order valence-electron chi connectivity index (χ0n) is 41.5. The molecule has 16 nitrogen and oxygen atoms in total. The van der Waals surface area contributed by atoms with Crippen LogP contribution in [0.5, 0.6) is 23.0 Å². The van der Waals surface area contributed by atoms with Crippen molar-refractivity contribution in [2.45, 2.75) is 25.7 Å². The smallest absolute Gasteiger partial charge is 0.337 e. The molecule has 0 aliphatic rings. The summed E-state index contributed by atoms with van der Waals surface area (Å²) in [5.74, 6) is 3.73. The third-order valence-electron chi connectivity index (χ3n) is 12.0. The quantitative estimate of drug-likeness (QED) is 0.0684. The zero-order chi connectivity index (χ0) is 52.3. The first kappa shape index (κ1) is 50.9. The summed E-state index contributed by atoms with van der Waals surface area (Å²) in [5, 5.41) is 15.8. The number of anilines is 4. The number of aromatic nitrogens is 6. The van der Waals surface area contributed by atoms with E-state index in [1.54, 1.807) is 63.7 Å². The number of ether oxygens (including phenoxy) is 5. The summed E-state index contributed by atoms with van der Waals surface area (Å²) in [6.45, 7) is 0. The number of carboxylic acids is 1. The van der Waals surface area contributed by atoms with Gasteiger partial charge in [-0.2, -0.15) is 0 Å². The van der Waals surface area contributed by atoms with E-state index >= 15 is 0 Å². The Labute approximate surface area is 440 Å². The van der Waals surface area contributed by atoms with Crippen LogP contribution in [0.2, 0.25) is 0 Å². The van der Waals surface area contributed by atoms with Crippen LogP contribution in [0.4, 0.5) is 23.0 Å². The molecular formula is C57H50N8O8S2. The van der Waals surface area contributed by atoms with Gasteiger partial charge in [-0.1, -0.05) is 60.7 Å². The van der Waals surface area contributed by atoms with Gasteiger partial charge in [0.2, 0.25) is 0 Å². The molecule has 3 N–H and O–H groups in total. The van der Waals surface area contributed by atoms with Crippen LogP contribution < -0.4 is 29.6 Å². The maximum absolute atomic E-state index is 11.7. The number of hydrogen-bond donors (Lipinski definition) is 3. The molecule has 0 unspecified atom stereocenters. The van der Waals surface area contributed by atoms with Gasteiger partial charge in [0.05, 0.1) is 57.7 Å². The number of hydrogen-bond acceptors (Lipinski definition) is 17. The number of aryl methyl sites for hydroxylation is 4. The lowest BCUT2D eigenvalue weighted by Gasteiger charge is -2.12. The van der Waals surface area contributed by atoms with E-state index in [4.69, 9.17) is 48.7 Å². The number of nitrogens with one attached hydrogen (secondary N) is 2. The van der Waals surface area contributed by atoms with E-state index in [1.165, 1.54) is 35.3 Å². The largest absolute Gasteiger partial charge is 0.493 e. The topological polar surface area (TPSA) is 202 Å². The number of aromatic carboxylic acids is 1. The first-order valence-corrected chi connectivity index (χ1v) is 25.3. The first-order valence-electron chi connectivity index (χ1n) is 23.5. The standard InChI is InChI=1S/C29H26N4O4S.C28H24N4O4S/c1-35-23-14-13-22(16-24(23)36-2)31-27-25-28(38-17-30-25)33-26(32-27)21-6-4-5-19(15-21)8-7-18-9-11-20(12-10-18)29(34)37-3;1-35-22-13-12-21(15-23(22)36-2)30-26-24-27(37-16-29-24)32-25(31-26)20-5-3-4-18(14-20)7-6-17-8-10-19(11-9-17)28(33)34/h4-6,9-17H,7-8H2,1-3H3,(H,31,32,33);3-5,8-16H,6-7H2,1-2H3,(H,33,34)(H,30,31,32). The molecule has 10 aromatic rings. The van der Waals surface area contributed by atoms with Crippen molar-refractivity contribution in [2.24, 2.45) is 0 Å². The number of thiazole rings is 2. The average molecular weight is 1040 g/mol. The number of benzene rings is 6. The van der Waals surface area contributed by atoms with Crippen molar-refractivity contribution >= 4 is 78.3 Å². The molecule has 4 aromatic heterocycles. The summed E-state index contributed by atoms with van der Waals surface area (Å²) in [6, 6.07) is 42.1. The van der Waals surface area contributed by atoms with E-state index in [9.17, 15) is 9.59 Å². The van der Waals surface area contributed by atoms with Crippen LogP contribution in [-0.2, 0) is 30.4 Å². The van der Waals surface area contributed by atoms with Gasteiger partial charge < -0.3 is 39.4 Å². The maximum Gasteiger partial charge on any atom is 0.337 e. The Balaban J connectivity index is 0.000000184. The number of carboxylic acid groups (broad SMARTS) is 1. The van der Waals surface area contributed by atoms with Gasteiger partial charge in [0, 0.05) is 34.6 Å². The molecule has 4 heterocycles. The maximum atomic E-state index is 11.7. The molecule has 18 heteroatoms. The second-order valence-corrected chi connectivity index (χ2v) is 18.5. The number of methoxy groups -OCH3 is 5. The first-order chi connectivity index (χ1) is 36.6. The third kappa shape index (κ3) is 12.3. The predicted molar refractivity (Wildman–Crippen MR) is 293 cm³/mol. The van der Waals surface area contributed by atoms with E-state index in [-0.39, 0.29) is 5.97 Å². The van der Waals surface area contributed by atoms with Crippen LogP contribution in [0.15, 0.2) is 144 Å². The zero-order valence-corrected chi connectivity index (χ0v) is 43.1. The van der Waals surface area contributed by atoms with Crippen molar-refractivity contribution in [2.75, 3.05) is 46.2 Å². The van der Waals surface area contributed by atoms with E-state index in [2.05, 4.69) is 44.9 Å². The molecule has 0 amide bonds. The minimum Gasteiger partial charge on any atom is -0.493 e. The Morgan fingerprint density at radius 1 is 0.480 bits per heavy atom. The van der Waals surface area contributed by atoms with Crippen molar-refractivity contribution in [1.29, 1.82) is 0 Å². The minimum atomic E-state index is -0.919. The summed E-state index contributed by atoms with van der Waals surface area (Å²) in [4.78, 5) is 52.5. The lowest BCUT2D eigenvalue weighted by molar-refractivity contribution is 0.0599. The third-order valence-corrected chi connectivity index (χ3v) is 13.5. The molecule has 0 saturated carbocycles. The number of carbonyl (C=O) groups excluding carboxylic acids is 1. The van der Waals surface area contributed by atoms with Crippen molar-refractivity contribution in [1.82, 2.24) is 29.9 Å². The van der Waals surface area contributed by atoms with Gasteiger partial charge in [-0.25, -0.2) is 39.5 Å². The molecular weight excluding hydrogens is 989 g/mol. The normalized spacial score (nSPS) is 10.8.